The van der Waals surface area contributed by atoms with E-state index in [1.807, 2.05) is 0 Å². The Kier molecular flexibility index (Phi) is 4.71. The third-order valence-corrected chi connectivity index (χ3v) is 11.6. The maximum atomic E-state index is 12.6. The van der Waals surface area contributed by atoms with Crippen molar-refractivity contribution in [1.29, 1.82) is 0 Å². The van der Waals surface area contributed by atoms with Gasteiger partial charge in [-0.3, -0.25) is 4.79 Å². The highest BCUT2D eigenvalue weighted by molar-refractivity contribution is 5.77. The molecule has 0 aromatic rings. The van der Waals surface area contributed by atoms with Crippen LogP contribution in [0, 0.1) is 45.3 Å². The Morgan fingerprint density at radius 2 is 1.77 bits per heavy atom. The van der Waals surface area contributed by atoms with Crippen molar-refractivity contribution in [3.8, 4) is 0 Å². The molecule has 0 radical (unpaired) electrons. The van der Waals surface area contributed by atoms with Crippen molar-refractivity contribution in [3.63, 3.8) is 0 Å². The largest absolute Gasteiger partial charge is 0.481 e. The monoisotopic (exact) mass is 426 g/mol. The zero-order chi connectivity index (χ0) is 22.4. The number of aliphatic carboxylic acids is 1. The lowest BCUT2D eigenvalue weighted by Crippen LogP contribution is -2.61. The SMILES string of the molecule is C=C1CCC[C@]2(C(=O)O)CC[C@]3(C)C(=CC[C@H]4C3CC[C@H]3C(C)(C)[C@@H](O)CC[C@]43C)[C@H]12. The van der Waals surface area contributed by atoms with E-state index in [1.54, 1.807) is 0 Å². The Balaban J connectivity index is 1.56. The Morgan fingerprint density at radius 3 is 2.48 bits per heavy atom. The third kappa shape index (κ3) is 2.65. The van der Waals surface area contributed by atoms with Crippen LogP contribution in [0.1, 0.15) is 91.9 Å². The van der Waals surface area contributed by atoms with Gasteiger partial charge in [0.25, 0.3) is 0 Å². The molecule has 0 amide bonds. The van der Waals surface area contributed by atoms with Gasteiger partial charge >= 0.3 is 5.97 Å². The van der Waals surface area contributed by atoms with E-state index in [0.717, 1.165) is 51.4 Å². The second kappa shape index (κ2) is 6.72. The number of carbonyl (C=O) groups is 1. The number of hydrogen-bond acceptors (Lipinski definition) is 2. The fourth-order valence-electron chi connectivity index (χ4n) is 9.82. The van der Waals surface area contributed by atoms with Crippen LogP contribution in [-0.4, -0.2) is 22.3 Å². The molecule has 0 aromatic carbocycles. The average Bonchev–Trinajstić information content (AvgIpc) is 2.71. The van der Waals surface area contributed by atoms with Crippen molar-refractivity contribution in [2.45, 2.75) is 98.0 Å². The molecule has 0 spiro atoms. The topological polar surface area (TPSA) is 57.5 Å². The molecule has 3 nitrogen and oxygen atoms in total. The quantitative estimate of drug-likeness (QED) is 0.479. The lowest BCUT2D eigenvalue weighted by atomic mass is 9.38. The van der Waals surface area contributed by atoms with E-state index in [1.165, 1.54) is 24.0 Å². The van der Waals surface area contributed by atoms with Gasteiger partial charge in [0.05, 0.1) is 11.5 Å². The zero-order valence-corrected chi connectivity index (χ0v) is 20.0. The fraction of sp³-hybridized carbons (Fsp3) is 0.821. The summed E-state index contributed by atoms with van der Waals surface area (Å²) in [6, 6.07) is 0. The molecule has 4 fully saturated rings. The molecule has 1 unspecified atom stereocenters. The number of fused-ring (bicyclic) bond motifs is 7. The predicted molar refractivity (Wildman–Crippen MR) is 123 cm³/mol. The van der Waals surface area contributed by atoms with Crippen LogP contribution in [0.15, 0.2) is 23.8 Å². The van der Waals surface area contributed by atoms with Gasteiger partial charge < -0.3 is 10.2 Å². The van der Waals surface area contributed by atoms with Crippen LogP contribution >= 0.6 is 0 Å². The van der Waals surface area contributed by atoms with Gasteiger partial charge in [-0.15, -0.1) is 0 Å². The number of aliphatic hydroxyl groups excluding tert-OH is 1. The zero-order valence-electron chi connectivity index (χ0n) is 20.0. The number of allylic oxidation sites excluding steroid dienone is 3. The molecule has 4 saturated carbocycles. The maximum absolute atomic E-state index is 12.6. The molecule has 3 heteroatoms. The van der Waals surface area contributed by atoms with Crippen molar-refractivity contribution in [2.75, 3.05) is 0 Å². The summed E-state index contributed by atoms with van der Waals surface area (Å²) in [5.74, 6) is 1.27. The maximum Gasteiger partial charge on any atom is 0.310 e. The van der Waals surface area contributed by atoms with E-state index in [9.17, 15) is 15.0 Å². The van der Waals surface area contributed by atoms with Crippen molar-refractivity contribution < 1.29 is 15.0 Å². The molecule has 2 N–H and O–H groups in total. The molecular weight excluding hydrogens is 384 g/mol. The van der Waals surface area contributed by atoms with Gasteiger partial charge in [0.15, 0.2) is 0 Å². The van der Waals surface area contributed by atoms with Crippen LogP contribution in [0.4, 0.5) is 0 Å². The van der Waals surface area contributed by atoms with Crippen molar-refractivity contribution in [2.24, 2.45) is 45.3 Å². The highest BCUT2D eigenvalue weighted by atomic mass is 16.4. The molecule has 31 heavy (non-hydrogen) atoms. The van der Waals surface area contributed by atoms with Gasteiger partial charge in [-0.2, -0.15) is 0 Å². The van der Waals surface area contributed by atoms with Crippen LogP contribution < -0.4 is 0 Å². The standard InChI is InChI=1S/C28H42O3/c1-17-7-6-13-28(24(30)31)16-15-26(4)18-10-11-21-25(2,3)22(29)12-14-27(21,5)19(18)8-9-20(26)23(17)28/h9,18-19,21-23,29H,1,6-8,10-16H2,2-5H3,(H,30,31)/t18?,19-,21-,22-,23-,26-,27+,28-/m0/s1. The van der Waals surface area contributed by atoms with Crippen LogP contribution in [0.5, 0.6) is 0 Å². The third-order valence-electron chi connectivity index (χ3n) is 11.6. The summed E-state index contributed by atoms with van der Waals surface area (Å²) < 4.78 is 0. The van der Waals surface area contributed by atoms with Gasteiger partial charge in [0.2, 0.25) is 0 Å². The molecule has 172 valence electrons. The molecule has 5 aliphatic rings. The van der Waals surface area contributed by atoms with E-state index >= 15 is 0 Å². The van der Waals surface area contributed by atoms with E-state index in [0.29, 0.717) is 17.8 Å². The Bertz CT molecular complexity index is 839. The molecule has 0 heterocycles. The Labute approximate surface area is 188 Å². The first-order valence-electron chi connectivity index (χ1n) is 12.8. The van der Waals surface area contributed by atoms with Gasteiger partial charge in [0.1, 0.15) is 0 Å². The molecule has 0 aromatic heterocycles. The lowest BCUT2D eigenvalue weighted by molar-refractivity contribution is -0.173. The van der Waals surface area contributed by atoms with Crippen molar-refractivity contribution >= 4 is 5.97 Å². The highest BCUT2D eigenvalue weighted by Gasteiger charge is 2.65. The summed E-state index contributed by atoms with van der Waals surface area (Å²) in [6.07, 6.45) is 12.4. The second-order valence-corrected chi connectivity index (χ2v) is 12.9. The van der Waals surface area contributed by atoms with Crippen LogP contribution in [0.2, 0.25) is 0 Å². The molecule has 0 aliphatic heterocycles. The van der Waals surface area contributed by atoms with Crippen molar-refractivity contribution in [3.05, 3.63) is 23.8 Å². The number of carboxylic acid groups (broad SMARTS) is 1. The first-order chi connectivity index (χ1) is 14.5. The summed E-state index contributed by atoms with van der Waals surface area (Å²) in [5, 5.41) is 21.1. The van der Waals surface area contributed by atoms with E-state index in [2.05, 4.69) is 40.3 Å². The van der Waals surface area contributed by atoms with Crippen molar-refractivity contribution in [1.82, 2.24) is 0 Å². The number of aliphatic hydroxyl groups is 1. The van der Waals surface area contributed by atoms with Gasteiger partial charge in [-0.25, -0.2) is 0 Å². The predicted octanol–water partition coefficient (Wildman–Crippen LogP) is 6.37. The van der Waals surface area contributed by atoms with E-state index < -0.39 is 11.4 Å². The van der Waals surface area contributed by atoms with E-state index in [-0.39, 0.29) is 28.3 Å². The summed E-state index contributed by atoms with van der Waals surface area (Å²) in [6.45, 7) is 14.0. The Hall–Kier alpha value is -1.09. The van der Waals surface area contributed by atoms with E-state index in [4.69, 9.17) is 0 Å². The molecule has 5 rings (SSSR count). The average molecular weight is 427 g/mol. The first kappa shape index (κ1) is 21.7. The van der Waals surface area contributed by atoms with Crippen LogP contribution in [0.3, 0.4) is 0 Å². The number of carboxylic acids is 1. The second-order valence-electron chi connectivity index (χ2n) is 12.9. The molecule has 0 bridgehead atoms. The Morgan fingerprint density at radius 1 is 1.03 bits per heavy atom. The van der Waals surface area contributed by atoms with Crippen LogP contribution in [-0.2, 0) is 4.79 Å². The van der Waals surface area contributed by atoms with Crippen LogP contribution in [0.25, 0.3) is 0 Å². The fourth-order valence-corrected chi connectivity index (χ4v) is 9.82. The minimum atomic E-state index is -0.619. The normalized spacial score (nSPS) is 50.9. The minimum Gasteiger partial charge on any atom is -0.481 e. The molecule has 0 saturated heterocycles. The molecule has 8 atom stereocenters. The number of hydrogen-bond donors (Lipinski definition) is 2. The summed E-state index contributed by atoms with van der Waals surface area (Å²) in [4.78, 5) is 12.6. The summed E-state index contributed by atoms with van der Waals surface area (Å²) in [7, 11) is 0. The lowest BCUT2D eigenvalue weighted by Gasteiger charge is -2.66. The van der Waals surface area contributed by atoms with Gasteiger partial charge in [-0.1, -0.05) is 51.5 Å². The summed E-state index contributed by atoms with van der Waals surface area (Å²) >= 11 is 0. The number of rotatable bonds is 1. The summed E-state index contributed by atoms with van der Waals surface area (Å²) in [5.41, 5.74) is 2.33. The van der Waals surface area contributed by atoms with Gasteiger partial charge in [0, 0.05) is 5.92 Å². The van der Waals surface area contributed by atoms with Gasteiger partial charge in [-0.05, 0) is 98.2 Å². The molecular formula is C28H42O3. The first-order valence-corrected chi connectivity index (χ1v) is 12.8. The smallest absolute Gasteiger partial charge is 0.310 e. The molecule has 5 aliphatic carbocycles. The highest BCUT2D eigenvalue weighted by Crippen LogP contribution is 2.71. The minimum absolute atomic E-state index is 0.0223.